The lowest BCUT2D eigenvalue weighted by atomic mass is 9.90. The van der Waals surface area contributed by atoms with Crippen LogP contribution in [0.5, 0.6) is 0 Å². The standard InChI is InChI=1S/C16H18ClN3O2S.ClH/c17-12-3-1-2-11(8-12)9-13-10-19-15(23-13)20-14(21)16(18)4-6-22-7-5-16;/h1-3,8,10H,4-7,9,18H2,(H,19,20,21);1H. The summed E-state index contributed by atoms with van der Waals surface area (Å²) < 4.78 is 5.26. The average molecular weight is 388 g/mol. The highest BCUT2D eigenvalue weighted by Crippen LogP contribution is 2.25. The second kappa shape index (κ2) is 8.27. The smallest absolute Gasteiger partial charge is 0.246 e. The van der Waals surface area contributed by atoms with Crippen LogP contribution in [0.2, 0.25) is 5.02 Å². The number of rotatable bonds is 4. The van der Waals surface area contributed by atoms with Crippen LogP contribution in [0.25, 0.3) is 0 Å². The molecule has 1 aromatic heterocycles. The number of benzene rings is 1. The molecule has 0 atom stereocenters. The number of halogens is 2. The first-order chi connectivity index (χ1) is 11.0. The first-order valence-electron chi connectivity index (χ1n) is 7.42. The van der Waals surface area contributed by atoms with E-state index >= 15 is 0 Å². The first-order valence-corrected chi connectivity index (χ1v) is 8.62. The van der Waals surface area contributed by atoms with Crippen LogP contribution in [0, 0.1) is 0 Å². The van der Waals surface area contributed by atoms with Crippen LogP contribution in [-0.4, -0.2) is 29.6 Å². The maximum absolute atomic E-state index is 12.4. The van der Waals surface area contributed by atoms with E-state index in [4.69, 9.17) is 22.1 Å². The summed E-state index contributed by atoms with van der Waals surface area (Å²) in [4.78, 5) is 17.7. The van der Waals surface area contributed by atoms with Gasteiger partial charge in [-0.1, -0.05) is 23.7 Å². The third-order valence-electron chi connectivity index (χ3n) is 3.88. The van der Waals surface area contributed by atoms with Gasteiger partial charge in [0.25, 0.3) is 0 Å². The SMILES string of the molecule is Cl.NC1(C(=O)Nc2ncc(Cc3cccc(Cl)c3)s2)CCOCC1. The molecule has 130 valence electrons. The maximum atomic E-state index is 12.4. The van der Waals surface area contributed by atoms with Crippen LogP contribution in [0.4, 0.5) is 5.13 Å². The van der Waals surface area contributed by atoms with Gasteiger partial charge in [0.2, 0.25) is 5.91 Å². The lowest BCUT2D eigenvalue weighted by molar-refractivity contribution is -0.124. The Hall–Kier alpha value is -1.18. The minimum Gasteiger partial charge on any atom is -0.381 e. The van der Waals surface area contributed by atoms with Crippen molar-refractivity contribution in [1.29, 1.82) is 0 Å². The van der Waals surface area contributed by atoms with Gasteiger partial charge in [0.1, 0.15) is 5.54 Å². The van der Waals surface area contributed by atoms with Gasteiger partial charge in [-0.15, -0.1) is 23.7 Å². The van der Waals surface area contributed by atoms with Gasteiger partial charge in [-0.3, -0.25) is 4.79 Å². The second-order valence-electron chi connectivity index (χ2n) is 5.66. The summed E-state index contributed by atoms with van der Waals surface area (Å²) >= 11 is 7.44. The zero-order chi connectivity index (χ0) is 16.3. The van der Waals surface area contributed by atoms with Gasteiger partial charge < -0.3 is 15.8 Å². The Kier molecular flexibility index (Phi) is 6.60. The van der Waals surface area contributed by atoms with E-state index in [-0.39, 0.29) is 18.3 Å². The van der Waals surface area contributed by atoms with E-state index in [0.717, 1.165) is 16.9 Å². The molecule has 1 aromatic carbocycles. The number of aromatic nitrogens is 1. The van der Waals surface area contributed by atoms with Crippen LogP contribution in [0.3, 0.4) is 0 Å². The molecule has 1 aliphatic rings. The van der Waals surface area contributed by atoms with Crippen LogP contribution in [-0.2, 0) is 16.0 Å². The van der Waals surface area contributed by atoms with E-state index in [0.29, 0.717) is 36.2 Å². The fourth-order valence-corrected chi connectivity index (χ4v) is 3.53. The number of carbonyl (C=O) groups is 1. The van der Waals surface area contributed by atoms with Crippen molar-refractivity contribution in [2.75, 3.05) is 18.5 Å². The van der Waals surface area contributed by atoms with E-state index in [9.17, 15) is 4.79 Å². The van der Waals surface area contributed by atoms with Gasteiger partial charge >= 0.3 is 0 Å². The number of amides is 1. The third kappa shape index (κ3) is 4.68. The predicted molar refractivity (Wildman–Crippen MR) is 99.2 cm³/mol. The van der Waals surface area contributed by atoms with Crippen molar-refractivity contribution in [3.8, 4) is 0 Å². The largest absolute Gasteiger partial charge is 0.381 e. The van der Waals surface area contributed by atoms with Crippen molar-refractivity contribution in [1.82, 2.24) is 4.98 Å². The monoisotopic (exact) mass is 387 g/mol. The first kappa shape index (κ1) is 19.1. The van der Waals surface area contributed by atoms with Gasteiger partial charge in [0.05, 0.1) is 0 Å². The molecule has 0 spiro atoms. The van der Waals surface area contributed by atoms with Crippen molar-refractivity contribution in [3.63, 3.8) is 0 Å². The summed E-state index contributed by atoms with van der Waals surface area (Å²) in [5.41, 5.74) is 6.41. The van der Waals surface area contributed by atoms with Crippen molar-refractivity contribution in [3.05, 3.63) is 45.9 Å². The molecule has 1 amide bonds. The highest BCUT2D eigenvalue weighted by Gasteiger charge is 2.36. The molecule has 0 radical (unpaired) electrons. The molecule has 0 saturated carbocycles. The van der Waals surface area contributed by atoms with Gasteiger partial charge in [-0.05, 0) is 30.5 Å². The Bertz CT molecular complexity index is 702. The lowest BCUT2D eigenvalue weighted by Gasteiger charge is -2.31. The van der Waals surface area contributed by atoms with Gasteiger partial charge in [-0.25, -0.2) is 4.98 Å². The maximum Gasteiger partial charge on any atom is 0.246 e. The van der Waals surface area contributed by atoms with Crippen molar-refractivity contribution >= 4 is 46.4 Å². The highest BCUT2D eigenvalue weighted by atomic mass is 35.5. The number of nitrogens with two attached hydrogens (primary N) is 1. The van der Waals surface area contributed by atoms with E-state index < -0.39 is 5.54 Å². The Morgan fingerprint density at radius 1 is 1.42 bits per heavy atom. The molecule has 8 heteroatoms. The molecule has 1 saturated heterocycles. The molecule has 3 rings (SSSR count). The number of hydrogen-bond donors (Lipinski definition) is 2. The summed E-state index contributed by atoms with van der Waals surface area (Å²) in [5.74, 6) is -0.190. The zero-order valence-electron chi connectivity index (χ0n) is 13.0. The van der Waals surface area contributed by atoms with Crippen LogP contribution < -0.4 is 11.1 Å². The number of carbonyl (C=O) groups excluding carboxylic acids is 1. The summed E-state index contributed by atoms with van der Waals surface area (Å²) in [6, 6.07) is 7.71. The number of nitrogens with one attached hydrogen (secondary N) is 1. The number of nitrogens with zero attached hydrogens (tertiary/aromatic N) is 1. The number of thiazole rings is 1. The molecule has 24 heavy (non-hydrogen) atoms. The van der Waals surface area contributed by atoms with Crippen molar-refractivity contribution < 1.29 is 9.53 Å². The summed E-state index contributed by atoms with van der Waals surface area (Å²) in [7, 11) is 0. The topological polar surface area (TPSA) is 77.2 Å². The van der Waals surface area contributed by atoms with E-state index in [1.165, 1.54) is 11.3 Å². The van der Waals surface area contributed by atoms with Gasteiger partial charge in [0.15, 0.2) is 5.13 Å². The number of hydrogen-bond acceptors (Lipinski definition) is 5. The highest BCUT2D eigenvalue weighted by molar-refractivity contribution is 7.15. The van der Waals surface area contributed by atoms with Crippen molar-refractivity contribution in [2.45, 2.75) is 24.8 Å². The summed E-state index contributed by atoms with van der Waals surface area (Å²) in [6.45, 7) is 1.03. The third-order valence-corrected chi connectivity index (χ3v) is 5.03. The fourth-order valence-electron chi connectivity index (χ4n) is 2.48. The Morgan fingerprint density at radius 2 is 2.17 bits per heavy atom. The molecule has 1 fully saturated rings. The zero-order valence-corrected chi connectivity index (χ0v) is 15.3. The molecular weight excluding hydrogens is 369 g/mol. The molecule has 2 heterocycles. The fraction of sp³-hybridized carbons (Fsp3) is 0.375. The minimum absolute atomic E-state index is 0. The van der Waals surface area contributed by atoms with Crippen LogP contribution in [0.15, 0.2) is 30.5 Å². The molecule has 0 unspecified atom stereocenters. The van der Waals surface area contributed by atoms with Crippen molar-refractivity contribution in [2.24, 2.45) is 5.73 Å². The molecule has 0 bridgehead atoms. The second-order valence-corrected chi connectivity index (χ2v) is 7.21. The quantitative estimate of drug-likeness (QED) is 0.843. The summed E-state index contributed by atoms with van der Waals surface area (Å²) in [5, 5.41) is 4.12. The number of anilines is 1. The normalized spacial score (nSPS) is 16.2. The van der Waals surface area contributed by atoms with E-state index in [1.807, 2.05) is 24.3 Å². The van der Waals surface area contributed by atoms with E-state index in [2.05, 4.69) is 10.3 Å². The molecule has 1 aliphatic heterocycles. The average Bonchev–Trinajstić information content (AvgIpc) is 2.95. The minimum atomic E-state index is -0.864. The van der Waals surface area contributed by atoms with Crippen LogP contribution in [0.1, 0.15) is 23.3 Å². The van der Waals surface area contributed by atoms with Gasteiger partial charge in [0, 0.05) is 35.7 Å². The lowest BCUT2D eigenvalue weighted by Crippen LogP contribution is -2.54. The predicted octanol–water partition coefficient (Wildman–Crippen LogP) is 3.26. The summed E-state index contributed by atoms with van der Waals surface area (Å²) in [6.07, 6.45) is 3.56. The molecule has 5 nitrogen and oxygen atoms in total. The molecular formula is C16H19Cl2N3O2S. The Balaban J connectivity index is 0.00000208. The number of ether oxygens (including phenoxy) is 1. The molecule has 0 aliphatic carbocycles. The Labute approximate surface area is 156 Å². The molecule has 3 N–H and O–H groups in total. The van der Waals surface area contributed by atoms with Crippen LogP contribution >= 0.6 is 35.3 Å². The molecule has 2 aromatic rings. The van der Waals surface area contributed by atoms with E-state index in [1.54, 1.807) is 6.20 Å². The van der Waals surface area contributed by atoms with Gasteiger partial charge in [-0.2, -0.15) is 0 Å². The Morgan fingerprint density at radius 3 is 2.88 bits per heavy atom.